The summed E-state index contributed by atoms with van der Waals surface area (Å²) in [7, 11) is 1.67. The zero-order valence-electron chi connectivity index (χ0n) is 11.9. The van der Waals surface area contributed by atoms with Gasteiger partial charge in [-0.25, -0.2) is 0 Å². The van der Waals surface area contributed by atoms with Crippen LogP contribution in [0.1, 0.15) is 24.4 Å². The van der Waals surface area contributed by atoms with E-state index in [9.17, 15) is 0 Å². The highest BCUT2D eigenvalue weighted by Crippen LogP contribution is 2.25. The van der Waals surface area contributed by atoms with Crippen LogP contribution in [0.2, 0.25) is 0 Å². The predicted octanol–water partition coefficient (Wildman–Crippen LogP) is 2.97. The molecule has 0 fully saturated rings. The summed E-state index contributed by atoms with van der Waals surface area (Å²) < 4.78 is 10.8. The number of benzene rings is 1. The van der Waals surface area contributed by atoms with Gasteiger partial charge >= 0.3 is 0 Å². The van der Waals surface area contributed by atoms with E-state index in [2.05, 4.69) is 29.4 Å². The van der Waals surface area contributed by atoms with Crippen molar-refractivity contribution in [3.8, 4) is 10.9 Å². The molecule has 0 aliphatic rings. The molecule has 108 valence electrons. The van der Waals surface area contributed by atoms with E-state index in [1.807, 2.05) is 24.3 Å². The molecule has 20 heavy (non-hydrogen) atoms. The first-order chi connectivity index (χ1) is 9.67. The lowest BCUT2D eigenvalue weighted by atomic mass is 10.2. The van der Waals surface area contributed by atoms with Gasteiger partial charge in [0.1, 0.15) is 10.8 Å². The third-order valence-corrected chi connectivity index (χ3v) is 3.33. The number of rotatable bonds is 7. The van der Waals surface area contributed by atoms with Crippen molar-refractivity contribution in [1.82, 2.24) is 15.5 Å². The van der Waals surface area contributed by atoms with Crippen LogP contribution >= 0.6 is 11.3 Å². The van der Waals surface area contributed by atoms with E-state index >= 15 is 0 Å². The van der Waals surface area contributed by atoms with Crippen molar-refractivity contribution >= 4 is 11.3 Å². The summed E-state index contributed by atoms with van der Waals surface area (Å²) in [6.07, 6.45) is 0. The van der Waals surface area contributed by atoms with E-state index in [4.69, 9.17) is 9.47 Å². The van der Waals surface area contributed by atoms with Crippen LogP contribution in [-0.2, 0) is 17.9 Å². The molecule has 1 aromatic heterocycles. The fourth-order valence-corrected chi connectivity index (χ4v) is 2.27. The van der Waals surface area contributed by atoms with Gasteiger partial charge in [0, 0.05) is 13.2 Å². The highest BCUT2D eigenvalue weighted by molar-refractivity contribution is 7.13. The molecule has 0 amide bonds. The third kappa shape index (κ3) is 4.56. The van der Waals surface area contributed by atoms with Crippen molar-refractivity contribution in [2.45, 2.75) is 33.0 Å². The minimum atomic E-state index is 0.425. The lowest BCUT2D eigenvalue weighted by molar-refractivity contribution is 0.184. The molecule has 5 nitrogen and oxygen atoms in total. The molecule has 0 unspecified atom stereocenters. The molecule has 0 spiro atoms. The number of methoxy groups -OCH3 is 1. The van der Waals surface area contributed by atoms with Crippen molar-refractivity contribution in [3.63, 3.8) is 0 Å². The van der Waals surface area contributed by atoms with Gasteiger partial charge in [0.2, 0.25) is 0 Å². The van der Waals surface area contributed by atoms with Crippen LogP contribution in [0.3, 0.4) is 0 Å². The second-order valence-electron chi connectivity index (χ2n) is 4.68. The van der Waals surface area contributed by atoms with E-state index in [1.165, 1.54) is 11.3 Å². The Balaban J connectivity index is 1.97. The molecule has 0 atom stereocenters. The van der Waals surface area contributed by atoms with Crippen LogP contribution in [0.15, 0.2) is 24.3 Å². The monoisotopic (exact) mass is 293 g/mol. The summed E-state index contributed by atoms with van der Waals surface area (Å²) in [6.45, 7) is 5.47. The van der Waals surface area contributed by atoms with Gasteiger partial charge in [-0.05, 0) is 17.7 Å². The second kappa shape index (κ2) is 7.33. The van der Waals surface area contributed by atoms with Gasteiger partial charge < -0.3 is 14.8 Å². The van der Waals surface area contributed by atoms with Gasteiger partial charge in [-0.15, -0.1) is 5.10 Å². The molecular formula is C14H19N3O2S. The van der Waals surface area contributed by atoms with Crippen LogP contribution in [0, 0.1) is 0 Å². The predicted molar refractivity (Wildman–Crippen MR) is 79.1 cm³/mol. The highest BCUT2D eigenvalue weighted by Gasteiger charge is 2.07. The standard InChI is InChI=1S/C14H19N3O2S/c1-10(2)15-8-13-16-17-14(20-13)19-12-6-4-5-11(7-12)9-18-3/h4-7,10,15H,8-9H2,1-3H3. The van der Waals surface area contributed by atoms with Crippen molar-refractivity contribution in [2.75, 3.05) is 7.11 Å². The van der Waals surface area contributed by atoms with E-state index in [-0.39, 0.29) is 0 Å². The molecule has 0 aliphatic heterocycles. The average molecular weight is 293 g/mol. The molecule has 1 N–H and O–H groups in total. The Labute approximate surface area is 123 Å². The Hall–Kier alpha value is -1.50. The number of nitrogens with one attached hydrogen (secondary N) is 1. The summed E-state index contributed by atoms with van der Waals surface area (Å²) in [5.74, 6) is 0.749. The van der Waals surface area contributed by atoms with Gasteiger partial charge in [-0.1, -0.05) is 42.4 Å². The maximum absolute atomic E-state index is 5.71. The maximum Gasteiger partial charge on any atom is 0.299 e. The lowest BCUT2D eigenvalue weighted by Gasteiger charge is -2.04. The zero-order chi connectivity index (χ0) is 14.4. The van der Waals surface area contributed by atoms with Gasteiger partial charge in [0.05, 0.1) is 13.2 Å². The number of aromatic nitrogens is 2. The fourth-order valence-electron chi connectivity index (χ4n) is 1.61. The fraction of sp³-hybridized carbons (Fsp3) is 0.429. The zero-order valence-corrected chi connectivity index (χ0v) is 12.7. The summed E-state index contributed by atoms with van der Waals surface area (Å²) in [4.78, 5) is 0. The first-order valence-electron chi connectivity index (χ1n) is 6.49. The molecule has 2 rings (SSSR count). The van der Waals surface area contributed by atoms with E-state index in [0.29, 0.717) is 24.4 Å². The van der Waals surface area contributed by atoms with Crippen molar-refractivity contribution in [3.05, 3.63) is 34.8 Å². The molecule has 0 saturated heterocycles. The van der Waals surface area contributed by atoms with Crippen LogP contribution < -0.4 is 10.1 Å². The molecule has 0 bridgehead atoms. The van der Waals surface area contributed by atoms with Crippen LogP contribution in [0.4, 0.5) is 0 Å². The molecular weight excluding hydrogens is 274 g/mol. The molecule has 2 aromatic rings. The summed E-state index contributed by atoms with van der Waals surface area (Å²) >= 11 is 1.45. The van der Waals surface area contributed by atoms with Crippen molar-refractivity contribution < 1.29 is 9.47 Å². The Morgan fingerprint density at radius 1 is 1.30 bits per heavy atom. The Kier molecular flexibility index (Phi) is 5.46. The molecule has 6 heteroatoms. The number of hydrogen-bond acceptors (Lipinski definition) is 6. The third-order valence-electron chi connectivity index (χ3n) is 2.52. The minimum Gasteiger partial charge on any atom is -0.430 e. The number of nitrogens with zero attached hydrogens (tertiary/aromatic N) is 2. The Bertz CT molecular complexity index is 543. The number of ether oxygens (including phenoxy) is 2. The van der Waals surface area contributed by atoms with Crippen LogP contribution in [-0.4, -0.2) is 23.3 Å². The smallest absolute Gasteiger partial charge is 0.299 e. The highest BCUT2D eigenvalue weighted by atomic mass is 32.1. The SMILES string of the molecule is COCc1cccc(Oc2nnc(CNC(C)C)s2)c1. The van der Waals surface area contributed by atoms with Crippen molar-refractivity contribution in [1.29, 1.82) is 0 Å². The normalized spacial score (nSPS) is 11.0. The van der Waals surface area contributed by atoms with Gasteiger partial charge in [0.15, 0.2) is 0 Å². The topological polar surface area (TPSA) is 56.3 Å². The van der Waals surface area contributed by atoms with E-state index in [0.717, 1.165) is 16.3 Å². The van der Waals surface area contributed by atoms with Crippen molar-refractivity contribution in [2.24, 2.45) is 0 Å². The van der Waals surface area contributed by atoms with Crippen LogP contribution in [0.5, 0.6) is 10.9 Å². The maximum atomic E-state index is 5.71. The van der Waals surface area contributed by atoms with Gasteiger partial charge in [-0.3, -0.25) is 0 Å². The van der Waals surface area contributed by atoms with E-state index in [1.54, 1.807) is 7.11 Å². The Morgan fingerprint density at radius 2 is 2.15 bits per heavy atom. The molecule has 0 radical (unpaired) electrons. The Morgan fingerprint density at radius 3 is 2.90 bits per heavy atom. The van der Waals surface area contributed by atoms with E-state index < -0.39 is 0 Å². The summed E-state index contributed by atoms with van der Waals surface area (Å²) in [5, 5.41) is 12.9. The second-order valence-corrected chi connectivity index (χ2v) is 5.70. The number of hydrogen-bond donors (Lipinski definition) is 1. The largest absolute Gasteiger partial charge is 0.430 e. The van der Waals surface area contributed by atoms with Gasteiger partial charge in [-0.2, -0.15) is 0 Å². The quantitative estimate of drug-likeness (QED) is 0.850. The molecule has 0 aliphatic carbocycles. The van der Waals surface area contributed by atoms with Crippen LogP contribution in [0.25, 0.3) is 0 Å². The molecule has 1 aromatic carbocycles. The molecule has 1 heterocycles. The first kappa shape index (κ1) is 14.9. The van der Waals surface area contributed by atoms with Gasteiger partial charge in [0.25, 0.3) is 5.19 Å². The molecule has 0 saturated carbocycles. The average Bonchev–Trinajstić information content (AvgIpc) is 2.85. The lowest BCUT2D eigenvalue weighted by Crippen LogP contribution is -2.21. The summed E-state index contributed by atoms with van der Waals surface area (Å²) in [6, 6.07) is 8.19. The first-order valence-corrected chi connectivity index (χ1v) is 7.30. The minimum absolute atomic E-state index is 0.425. The summed E-state index contributed by atoms with van der Waals surface area (Å²) in [5.41, 5.74) is 1.07.